The van der Waals surface area contributed by atoms with Crippen molar-refractivity contribution in [2.24, 2.45) is 22.7 Å². The molecule has 1 aliphatic heterocycles. The number of aliphatic hydroxyl groups is 1. The molecule has 0 spiro atoms. The summed E-state index contributed by atoms with van der Waals surface area (Å²) in [5.41, 5.74) is -4.00. The summed E-state index contributed by atoms with van der Waals surface area (Å²) in [6.45, 7) is 7.38. The minimum absolute atomic E-state index is 0.0262. The zero-order valence-corrected chi connectivity index (χ0v) is 27.2. The second kappa shape index (κ2) is 11.1. The maximum Gasteiger partial charge on any atom is 0.524 e. The van der Waals surface area contributed by atoms with Crippen molar-refractivity contribution in [3.63, 3.8) is 0 Å². The van der Waals surface area contributed by atoms with Crippen LogP contribution in [0.3, 0.4) is 0 Å². The molecule has 1 saturated heterocycles. The number of para-hydroxylation sites is 2. The number of halogens is 2. The molecule has 244 valence electrons. The molecule has 1 aromatic carbocycles. The Morgan fingerprint density at radius 3 is 2.41 bits per heavy atom. The van der Waals surface area contributed by atoms with E-state index < -0.39 is 53.8 Å². The summed E-state index contributed by atoms with van der Waals surface area (Å²) >= 11 is 6.05. The highest BCUT2D eigenvalue weighted by Gasteiger charge is 2.80. The molecule has 1 aromatic rings. The van der Waals surface area contributed by atoms with Crippen molar-refractivity contribution in [2.45, 2.75) is 95.5 Å². The number of rotatable bonds is 5. The van der Waals surface area contributed by atoms with Crippen molar-refractivity contribution in [3.05, 3.63) is 35.9 Å². The van der Waals surface area contributed by atoms with Gasteiger partial charge < -0.3 is 23.8 Å². The number of carbonyl (C=O) groups is 2. The van der Waals surface area contributed by atoms with Gasteiger partial charge in [0.15, 0.2) is 34.5 Å². The number of aliphatic hydroxyl groups excluding tert-OH is 1. The van der Waals surface area contributed by atoms with Crippen LogP contribution in [0.4, 0.5) is 4.39 Å². The summed E-state index contributed by atoms with van der Waals surface area (Å²) in [4.78, 5) is 42.4. The second-order valence-corrected chi connectivity index (χ2v) is 14.9. The molecule has 0 amide bonds. The Kier molecular flexibility index (Phi) is 8.49. The van der Waals surface area contributed by atoms with Crippen LogP contribution < -0.4 is 9.26 Å². The number of fused-ring (bicyclic) bond motifs is 7. The SMILES string of the molecule is CC1(C)O[C@@H]2C[C@H]3[C@@H]4CCC5=CC(=O)CC[C@]5(C)[C@@]4(F)[C@@H](O)C[C@]3(C)[C@]2(C(=O)CCl)O1.COc1ccccc1OP(=O)(O)O. The van der Waals surface area contributed by atoms with Crippen LogP contribution in [-0.2, 0) is 23.6 Å². The van der Waals surface area contributed by atoms with Gasteiger partial charge in [-0.1, -0.05) is 31.6 Å². The summed E-state index contributed by atoms with van der Waals surface area (Å²) in [6, 6.07) is 6.22. The normalized spacial score (nSPS) is 40.3. The van der Waals surface area contributed by atoms with Gasteiger partial charge in [0, 0.05) is 23.2 Å². The fraction of sp³-hybridized carbons (Fsp3) is 0.677. The van der Waals surface area contributed by atoms with Crippen molar-refractivity contribution in [1.29, 1.82) is 0 Å². The van der Waals surface area contributed by atoms with Crippen LogP contribution in [0.5, 0.6) is 11.5 Å². The largest absolute Gasteiger partial charge is 0.524 e. The minimum Gasteiger partial charge on any atom is -0.493 e. The number of Topliss-reactive ketones (excluding diaryl/α,β-unsaturated/α-hetero) is 1. The molecule has 0 unspecified atom stereocenters. The number of ether oxygens (including phenoxy) is 3. The monoisotopic (exact) mass is 658 g/mol. The molecule has 0 bridgehead atoms. The second-order valence-electron chi connectivity index (χ2n) is 13.5. The number of carbonyl (C=O) groups excluding carboxylic acids is 2. The first-order valence-electron chi connectivity index (χ1n) is 14.8. The summed E-state index contributed by atoms with van der Waals surface area (Å²) in [6.07, 6.45) is 2.28. The Bertz CT molecular complexity index is 1410. The van der Waals surface area contributed by atoms with E-state index in [0.717, 1.165) is 5.57 Å². The van der Waals surface area contributed by atoms with Crippen molar-refractivity contribution >= 4 is 31.0 Å². The first-order valence-corrected chi connectivity index (χ1v) is 16.9. The van der Waals surface area contributed by atoms with Crippen LogP contribution >= 0.6 is 19.4 Å². The highest BCUT2D eigenvalue weighted by Crippen LogP contribution is 2.72. The summed E-state index contributed by atoms with van der Waals surface area (Å²) in [5.74, 6) is -1.71. The highest BCUT2D eigenvalue weighted by molar-refractivity contribution is 7.46. The Hall–Kier alpha value is -1.85. The standard InChI is InChI=1S/C24H32ClFO5.C7H9O5P/c1-20(2)30-19-10-16-15-6-5-13-9-14(27)7-8-21(13,3)23(15,26)17(28)11-22(16,4)24(19,31-20)18(29)12-25;1-11-6-4-2-3-5-7(6)12-13(8,9)10/h9,15-17,19,28H,5-8,10-12H2,1-4H3;2-5H,1H3,(H2,8,9,10)/t15-,16-,17-,19+,21-,22-,23-,24+;/m0./s1. The fourth-order valence-corrected chi connectivity index (χ4v) is 9.70. The van der Waals surface area contributed by atoms with Crippen molar-refractivity contribution < 1.29 is 52.2 Å². The van der Waals surface area contributed by atoms with Crippen LogP contribution in [-0.4, -0.2) is 68.7 Å². The molecule has 10 nitrogen and oxygen atoms in total. The third kappa shape index (κ3) is 4.98. The van der Waals surface area contributed by atoms with Crippen LogP contribution in [0.1, 0.15) is 66.2 Å². The molecular formula is C31H41ClFO10P. The molecule has 4 aliphatic carbocycles. The molecule has 1 heterocycles. The van der Waals surface area contributed by atoms with Gasteiger partial charge in [0.1, 0.15) is 5.67 Å². The first kappa shape index (κ1) is 33.5. The summed E-state index contributed by atoms with van der Waals surface area (Å²) < 4.78 is 49.4. The summed E-state index contributed by atoms with van der Waals surface area (Å²) in [5, 5.41) is 11.4. The zero-order valence-electron chi connectivity index (χ0n) is 25.5. The van der Waals surface area contributed by atoms with Crippen molar-refractivity contribution in [3.8, 4) is 11.5 Å². The van der Waals surface area contributed by atoms with Gasteiger partial charge in [0.05, 0.1) is 25.2 Å². The van der Waals surface area contributed by atoms with Crippen molar-refractivity contribution in [1.82, 2.24) is 0 Å². The number of phosphoric ester groups is 1. The number of alkyl halides is 2. The average Bonchev–Trinajstić information content (AvgIpc) is 3.35. The maximum absolute atomic E-state index is 17.2. The van der Waals surface area contributed by atoms with Gasteiger partial charge in [-0.15, -0.1) is 11.6 Å². The minimum atomic E-state index is -4.51. The Labute approximate surface area is 261 Å². The smallest absolute Gasteiger partial charge is 0.493 e. The molecule has 0 aromatic heterocycles. The predicted octanol–water partition coefficient (Wildman–Crippen LogP) is 5.06. The van der Waals surface area contributed by atoms with Gasteiger partial charge in [0.25, 0.3) is 0 Å². The quantitative estimate of drug-likeness (QED) is 0.290. The van der Waals surface area contributed by atoms with Crippen LogP contribution in [0.15, 0.2) is 35.9 Å². The number of ketones is 2. The topological polar surface area (TPSA) is 149 Å². The van der Waals surface area contributed by atoms with Crippen LogP contribution in [0.25, 0.3) is 0 Å². The summed E-state index contributed by atoms with van der Waals surface area (Å²) in [7, 11) is -3.12. The lowest BCUT2D eigenvalue weighted by molar-refractivity contribution is -0.250. The third-order valence-electron chi connectivity index (χ3n) is 10.9. The van der Waals surface area contributed by atoms with Crippen LogP contribution in [0, 0.1) is 22.7 Å². The molecule has 5 aliphatic rings. The number of allylic oxidation sites excluding steroid dienone is 1. The van der Waals surface area contributed by atoms with Crippen molar-refractivity contribution in [2.75, 3.05) is 13.0 Å². The van der Waals surface area contributed by atoms with Gasteiger partial charge in [-0.3, -0.25) is 19.4 Å². The van der Waals surface area contributed by atoms with E-state index in [-0.39, 0.29) is 41.3 Å². The molecular weight excluding hydrogens is 618 g/mol. The molecule has 3 N–H and O–H groups in total. The van der Waals surface area contributed by atoms with E-state index in [4.69, 9.17) is 35.6 Å². The predicted molar refractivity (Wildman–Crippen MR) is 158 cm³/mol. The molecule has 3 saturated carbocycles. The van der Waals surface area contributed by atoms with E-state index in [2.05, 4.69) is 4.52 Å². The van der Waals surface area contributed by atoms with E-state index in [1.807, 2.05) is 13.8 Å². The number of hydrogen-bond donors (Lipinski definition) is 3. The number of phosphoric acid groups is 1. The molecule has 0 radical (unpaired) electrons. The van der Waals surface area contributed by atoms with Gasteiger partial charge in [0.2, 0.25) is 0 Å². The van der Waals surface area contributed by atoms with Gasteiger partial charge >= 0.3 is 7.82 Å². The van der Waals surface area contributed by atoms with E-state index in [9.17, 15) is 19.3 Å². The third-order valence-corrected chi connectivity index (χ3v) is 11.5. The van der Waals surface area contributed by atoms with E-state index >= 15 is 4.39 Å². The molecule has 4 fully saturated rings. The lowest BCUT2D eigenvalue weighted by atomic mass is 9.44. The van der Waals surface area contributed by atoms with Gasteiger partial charge in [-0.05, 0) is 70.1 Å². The Morgan fingerprint density at radius 2 is 1.80 bits per heavy atom. The highest BCUT2D eigenvalue weighted by atomic mass is 35.5. The number of benzene rings is 1. The van der Waals surface area contributed by atoms with E-state index in [1.165, 1.54) is 13.2 Å². The molecule has 6 rings (SSSR count). The first-order chi connectivity index (χ1) is 20.4. The number of methoxy groups -OCH3 is 1. The molecule has 13 heteroatoms. The fourth-order valence-electron chi connectivity index (χ4n) is 9.09. The lowest BCUT2D eigenvalue weighted by Gasteiger charge is -2.63. The molecule has 44 heavy (non-hydrogen) atoms. The van der Waals surface area contributed by atoms with Gasteiger partial charge in [-0.25, -0.2) is 8.96 Å². The molecule has 8 atom stereocenters. The maximum atomic E-state index is 17.2. The van der Waals surface area contributed by atoms with Crippen LogP contribution in [0.2, 0.25) is 0 Å². The number of hydrogen-bond acceptors (Lipinski definition) is 8. The zero-order chi connectivity index (χ0) is 32.5. The lowest BCUT2D eigenvalue weighted by Crippen LogP contribution is -2.70. The van der Waals surface area contributed by atoms with E-state index in [1.54, 1.807) is 38.1 Å². The van der Waals surface area contributed by atoms with E-state index in [0.29, 0.717) is 32.1 Å². The van der Waals surface area contributed by atoms with Gasteiger partial charge in [-0.2, -0.15) is 0 Å². The Balaban J connectivity index is 0.000000249. The average molecular weight is 659 g/mol. The Morgan fingerprint density at radius 1 is 1.14 bits per heavy atom.